The van der Waals surface area contributed by atoms with Crippen molar-refractivity contribution in [1.82, 2.24) is 14.8 Å². The fraction of sp³-hybridized carbons (Fsp3) is 0.316. The maximum atomic E-state index is 12.7. The molecule has 1 fully saturated rings. The number of amides is 2. The van der Waals surface area contributed by atoms with E-state index in [0.29, 0.717) is 31.9 Å². The van der Waals surface area contributed by atoms with Crippen LogP contribution in [0.5, 0.6) is 0 Å². The second-order valence-corrected chi connectivity index (χ2v) is 6.12. The fourth-order valence-corrected chi connectivity index (χ4v) is 2.99. The Hall–Kier alpha value is -2.69. The molecule has 0 N–H and O–H groups in total. The topological polar surface area (TPSA) is 53.5 Å². The van der Waals surface area contributed by atoms with Crippen molar-refractivity contribution in [2.45, 2.75) is 13.8 Å². The molecule has 5 heteroatoms. The Bertz CT molecular complexity index is 750. The van der Waals surface area contributed by atoms with Crippen LogP contribution in [-0.4, -0.2) is 52.8 Å². The zero-order valence-corrected chi connectivity index (χ0v) is 14.0. The SMILES string of the molecule is Cc1ccc(C(=O)N2CCN(C(=O)c3ccccn3)CC2)c(C)c1. The Kier molecular flexibility index (Phi) is 4.60. The highest BCUT2D eigenvalue weighted by atomic mass is 16.2. The monoisotopic (exact) mass is 323 g/mol. The van der Waals surface area contributed by atoms with E-state index >= 15 is 0 Å². The summed E-state index contributed by atoms with van der Waals surface area (Å²) in [6, 6.07) is 11.2. The van der Waals surface area contributed by atoms with E-state index in [1.165, 1.54) is 0 Å². The average Bonchev–Trinajstić information content (AvgIpc) is 2.61. The van der Waals surface area contributed by atoms with Gasteiger partial charge in [-0.05, 0) is 37.6 Å². The summed E-state index contributed by atoms with van der Waals surface area (Å²) in [4.78, 5) is 32.8. The standard InChI is InChI=1S/C19H21N3O2/c1-14-6-7-16(15(2)13-14)18(23)21-9-11-22(12-10-21)19(24)17-5-3-4-8-20-17/h3-8,13H,9-12H2,1-2H3. The summed E-state index contributed by atoms with van der Waals surface area (Å²) >= 11 is 0. The lowest BCUT2D eigenvalue weighted by Crippen LogP contribution is -2.50. The van der Waals surface area contributed by atoms with Crippen LogP contribution in [0.2, 0.25) is 0 Å². The van der Waals surface area contributed by atoms with Crippen LogP contribution >= 0.6 is 0 Å². The third kappa shape index (κ3) is 3.30. The van der Waals surface area contributed by atoms with Crippen LogP contribution in [-0.2, 0) is 0 Å². The van der Waals surface area contributed by atoms with E-state index in [-0.39, 0.29) is 11.8 Å². The van der Waals surface area contributed by atoms with Gasteiger partial charge in [-0.3, -0.25) is 14.6 Å². The lowest BCUT2D eigenvalue weighted by Gasteiger charge is -2.34. The van der Waals surface area contributed by atoms with Crippen LogP contribution in [0.15, 0.2) is 42.6 Å². The van der Waals surface area contributed by atoms with Gasteiger partial charge in [-0.25, -0.2) is 0 Å². The van der Waals surface area contributed by atoms with Crippen molar-refractivity contribution >= 4 is 11.8 Å². The quantitative estimate of drug-likeness (QED) is 0.852. The van der Waals surface area contributed by atoms with E-state index in [1.54, 1.807) is 29.3 Å². The van der Waals surface area contributed by atoms with Gasteiger partial charge in [0.05, 0.1) is 0 Å². The fourth-order valence-electron chi connectivity index (χ4n) is 2.99. The molecule has 2 amide bonds. The summed E-state index contributed by atoms with van der Waals surface area (Å²) in [5.41, 5.74) is 3.33. The van der Waals surface area contributed by atoms with Crippen molar-refractivity contribution in [1.29, 1.82) is 0 Å². The lowest BCUT2D eigenvalue weighted by molar-refractivity contribution is 0.0532. The Balaban J connectivity index is 1.64. The maximum absolute atomic E-state index is 12.7. The van der Waals surface area contributed by atoms with Crippen molar-refractivity contribution < 1.29 is 9.59 Å². The van der Waals surface area contributed by atoms with Crippen LogP contribution in [0.4, 0.5) is 0 Å². The molecule has 2 heterocycles. The molecule has 0 atom stereocenters. The lowest BCUT2D eigenvalue weighted by atomic mass is 10.0. The minimum atomic E-state index is -0.0748. The van der Waals surface area contributed by atoms with Gasteiger partial charge in [0.15, 0.2) is 0 Å². The summed E-state index contributed by atoms with van der Waals surface area (Å²) in [7, 11) is 0. The van der Waals surface area contributed by atoms with E-state index in [0.717, 1.165) is 16.7 Å². The normalized spacial score (nSPS) is 14.6. The summed E-state index contributed by atoms with van der Waals surface area (Å²) < 4.78 is 0. The van der Waals surface area contributed by atoms with Gasteiger partial charge in [-0.1, -0.05) is 23.8 Å². The van der Waals surface area contributed by atoms with Crippen molar-refractivity contribution in [3.05, 3.63) is 65.0 Å². The van der Waals surface area contributed by atoms with Gasteiger partial charge < -0.3 is 9.80 Å². The van der Waals surface area contributed by atoms with E-state index in [9.17, 15) is 9.59 Å². The number of carbonyl (C=O) groups excluding carboxylic acids is 2. The number of nitrogens with zero attached hydrogens (tertiary/aromatic N) is 3. The maximum Gasteiger partial charge on any atom is 0.272 e. The number of rotatable bonds is 2. The first-order chi connectivity index (χ1) is 11.6. The molecule has 124 valence electrons. The largest absolute Gasteiger partial charge is 0.335 e. The van der Waals surface area contributed by atoms with E-state index in [1.807, 2.05) is 36.9 Å². The highest BCUT2D eigenvalue weighted by molar-refractivity contribution is 5.96. The summed E-state index contributed by atoms with van der Waals surface area (Å²) in [5, 5.41) is 0. The van der Waals surface area contributed by atoms with Gasteiger partial charge in [0.2, 0.25) is 0 Å². The molecular formula is C19H21N3O2. The molecule has 1 aliphatic rings. The number of aromatic nitrogens is 1. The molecule has 0 saturated carbocycles. The minimum absolute atomic E-state index is 0.0393. The van der Waals surface area contributed by atoms with E-state index in [4.69, 9.17) is 0 Å². The molecule has 2 aromatic rings. The van der Waals surface area contributed by atoms with Crippen LogP contribution < -0.4 is 0 Å². The molecule has 0 bridgehead atoms. The van der Waals surface area contributed by atoms with Gasteiger partial charge in [-0.2, -0.15) is 0 Å². The molecule has 0 radical (unpaired) electrons. The molecule has 1 saturated heterocycles. The van der Waals surface area contributed by atoms with Gasteiger partial charge >= 0.3 is 0 Å². The first-order valence-corrected chi connectivity index (χ1v) is 8.13. The van der Waals surface area contributed by atoms with Gasteiger partial charge in [0, 0.05) is 37.9 Å². The van der Waals surface area contributed by atoms with E-state index < -0.39 is 0 Å². The number of hydrogen-bond donors (Lipinski definition) is 0. The first kappa shape index (κ1) is 16.2. The number of piperazine rings is 1. The van der Waals surface area contributed by atoms with Crippen LogP contribution in [0.3, 0.4) is 0 Å². The molecule has 5 nitrogen and oxygen atoms in total. The van der Waals surface area contributed by atoms with Crippen molar-refractivity contribution in [2.24, 2.45) is 0 Å². The highest BCUT2D eigenvalue weighted by Gasteiger charge is 2.26. The number of carbonyl (C=O) groups is 2. The molecule has 0 spiro atoms. The predicted molar refractivity (Wildman–Crippen MR) is 92.0 cm³/mol. The molecule has 0 aliphatic carbocycles. The minimum Gasteiger partial charge on any atom is -0.335 e. The third-order valence-electron chi connectivity index (χ3n) is 4.35. The highest BCUT2D eigenvalue weighted by Crippen LogP contribution is 2.15. The second kappa shape index (κ2) is 6.83. The van der Waals surface area contributed by atoms with Gasteiger partial charge in [-0.15, -0.1) is 0 Å². The number of benzene rings is 1. The summed E-state index contributed by atoms with van der Waals surface area (Å²) in [6.07, 6.45) is 1.62. The van der Waals surface area contributed by atoms with Crippen LogP contribution in [0.1, 0.15) is 32.0 Å². The smallest absolute Gasteiger partial charge is 0.272 e. The second-order valence-electron chi connectivity index (χ2n) is 6.12. The van der Waals surface area contributed by atoms with Crippen molar-refractivity contribution in [2.75, 3.05) is 26.2 Å². The zero-order chi connectivity index (χ0) is 17.1. The summed E-state index contributed by atoms with van der Waals surface area (Å²) in [5.74, 6) is -0.0355. The molecular weight excluding hydrogens is 302 g/mol. The molecule has 3 rings (SSSR count). The summed E-state index contributed by atoms with van der Waals surface area (Å²) in [6.45, 7) is 6.14. The molecule has 1 aromatic carbocycles. The van der Waals surface area contributed by atoms with Gasteiger partial charge in [0.25, 0.3) is 11.8 Å². The van der Waals surface area contributed by atoms with Crippen LogP contribution in [0.25, 0.3) is 0 Å². The number of aryl methyl sites for hydroxylation is 2. The number of pyridine rings is 1. The van der Waals surface area contributed by atoms with Gasteiger partial charge in [0.1, 0.15) is 5.69 Å². The first-order valence-electron chi connectivity index (χ1n) is 8.13. The van der Waals surface area contributed by atoms with Crippen LogP contribution in [0, 0.1) is 13.8 Å². The Labute approximate surface area is 141 Å². The average molecular weight is 323 g/mol. The van der Waals surface area contributed by atoms with E-state index in [2.05, 4.69) is 4.98 Å². The predicted octanol–water partition coefficient (Wildman–Crippen LogP) is 2.30. The Morgan fingerprint density at radius 3 is 2.17 bits per heavy atom. The Morgan fingerprint density at radius 1 is 0.917 bits per heavy atom. The molecule has 1 aromatic heterocycles. The molecule has 1 aliphatic heterocycles. The Morgan fingerprint density at radius 2 is 1.58 bits per heavy atom. The molecule has 24 heavy (non-hydrogen) atoms. The van der Waals surface area contributed by atoms with Crippen molar-refractivity contribution in [3.63, 3.8) is 0 Å². The third-order valence-corrected chi connectivity index (χ3v) is 4.35. The molecule has 0 unspecified atom stereocenters. The zero-order valence-electron chi connectivity index (χ0n) is 14.0. The number of hydrogen-bond acceptors (Lipinski definition) is 3. The van der Waals surface area contributed by atoms with Crippen molar-refractivity contribution in [3.8, 4) is 0 Å².